The molecule has 0 bridgehead atoms. The Balaban J connectivity index is 2.41. The fraction of sp³-hybridized carbons (Fsp3) is 0.231. The van der Waals surface area contributed by atoms with Crippen molar-refractivity contribution in [2.24, 2.45) is 0 Å². The minimum absolute atomic E-state index is 0.628. The van der Waals surface area contributed by atoms with E-state index in [0.29, 0.717) is 5.69 Å². The van der Waals surface area contributed by atoms with E-state index in [2.05, 4.69) is 9.97 Å². The second kappa shape index (κ2) is 4.41. The van der Waals surface area contributed by atoms with Crippen LogP contribution in [0.5, 0.6) is 0 Å². The molecule has 82 valence electrons. The number of hydrogen-bond acceptors (Lipinski definition) is 3. The zero-order chi connectivity index (χ0) is 11.5. The van der Waals surface area contributed by atoms with Gasteiger partial charge in [-0.1, -0.05) is 23.8 Å². The van der Waals surface area contributed by atoms with Gasteiger partial charge in [-0.05, 0) is 31.0 Å². The Morgan fingerprint density at radius 1 is 1.19 bits per heavy atom. The van der Waals surface area contributed by atoms with Crippen LogP contribution in [0.1, 0.15) is 28.5 Å². The Hall–Kier alpha value is -1.74. The maximum atomic E-state index is 10.2. The average Bonchev–Trinajstić information content (AvgIpc) is 2.32. The fourth-order valence-electron chi connectivity index (χ4n) is 1.68. The van der Waals surface area contributed by atoms with Gasteiger partial charge in [-0.15, -0.1) is 0 Å². The van der Waals surface area contributed by atoms with E-state index < -0.39 is 6.10 Å². The third-order valence-electron chi connectivity index (χ3n) is 2.61. The highest BCUT2D eigenvalue weighted by molar-refractivity contribution is 5.35. The number of aryl methyl sites for hydroxylation is 2. The van der Waals surface area contributed by atoms with Gasteiger partial charge in [0.05, 0.1) is 5.69 Å². The normalized spacial score (nSPS) is 12.4. The van der Waals surface area contributed by atoms with Gasteiger partial charge < -0.3 is 5.11 Å². The minimum Gasteiger partial charge on any atom is -0.382 e. The van der Waals surface area contributed by atoms with Gasteiger partial charge in [0.1, 0.15) is 12.4 Å². The number of hydrogen-bond donors (Lipinski definition) is 1. The zero-order valence-corrected chi connectivity index (χ0v) is 9.38. The predicted molar refractivity (Wildman–Crippen MR) is 62.0 cm³/mol. The molecule has 1 heterocycles. The van der Waals surface area contributed by atoms with Crippen LogP contribution in [0.3, 0.4) is 0 Å². The van der Waals surface area contributed by atoms with Crippen molar-refractivity contribution in [2.75, 3.05) is 0 Å². The Labute approximate surface area is 94.8 Å². The highest BCUT2D eigenvalue weighted by atomic mass is 16.3. The van der Waals surface area contributed by atoms with E-state index in [1.807, 2.05) is 32.0 Å². The average molecular weight is 214 g/mol. The van der Waals surface area contributed by atoms with Gasteiger partial charge in [0.2, 0.25) is 0 Å². The number of aliphatic hydroxyl groups is 1. The molecule has 1 N–H and O–H groups in total. The van der Waals surface area contributed by atoms with Crippen LogP contribution in [0.4, 0.5) is 0 Å². The summed E-state index contributed by atoms with van der Waals surface area (Å²) in [7, 11) is 0. The third kappa shape index (κ3) is 2.09. The van der Waals surface area contributed by atoms with Crippen LogP contribution in [-0.2, 0) is 0 Å². The molecule has 2 aromatic rings. The largest absolute Gasteiger partial charge is 0.382 e. The SMILES string of the molecule is Cc1ccc(C)c(C(O)c2ccncn2)c1. The van der Waals surface area contributed by atoms with Gasteiger partial charge in [0.15, 0.2) is 0 Å². The monoisotopic (exact) mass is 214 g/mol. The maximum Gasteiger partial charge on any atom is 0.121 e. The third-order valence-corrected chi connectivity index (χ3v) is 2.61. The van der Waals surface area contributed by atoms with Gasteiger partial charge >= 0.3 is 0 Å². The lowest BCUT2D eigenvalue weighted by atomic mass is 9.99. The number of aromatic nitrogens is 2. The molecule has 1 atom stereocenters. The van der Waals surface area contributed by atoms with Crippen molar-refractivity contribution >= 4 is 0 Å². The van der Waals surface area contributed by atoms with Crippen molar-refractivity contribution in [1.82, 2.24) is 9.97 Å². The molecule has 0 aliphatic heterocycles. The number of nitrogens with zero attached hydrogens (tertiary/aromatic N) is 2. The lowest BCUT2D eigenvalue weighted by Gasteiger charge is -2.13. The van der Waals surface area contributed by atoms with Gasteiger partial charge in [-0.2, -0.15) is 0 Å². The van der Waals surface area contributed by atoms with Crippen molar-refractivity contribution in [1.29, 1.82) is 0 Å². The van der Waals surface area contributed by atoms with E-state index in [-0.39, 0.29) is 0 Å². The first-order valence-corrected chi connectivity index (χ1v) is 5.19. The molecule has 16 heavy (non-hydrogen) atoms. The Kier molecular flexibility index (Phi) is 2.97. The maximum absolute atomic E-state index is 10.2. The quantitative estimate of drug-likeness (QED) is 0.833. The van der Waals surface area contributed by atoms with Crippen molar-refractivity contribution in [3.05, 3.63) is 59.2 Å². The first-order valence-electron chi connectivity index (χ1n) is 5.19. The topological polar surface area (TPSA) is 46.0 Å². The molecule has 1 unspecified atom stereocenters. The second-order valence-electron chi connectivity index (χ2n) is 3.90. The van der Waals surface area contributed by atoms with E-state index in [1.54, 1.807) is 12.3 Å². The van der Waals surface area contributed by atoms with E-state index in [0.717, 1.165) is 16.7 Å². The summed E-state index contributed by atoms with van der Waals surface area (Å²) in [4.78, 5) is 7.90. The van der Waals surface area contributed by atoms with Gasteiger partial charge in [-0.3, -0.25) is 0 Å². The van der Waals surface area contributed by atoms with E-state index in [4.69, 9.17) is 0 Å². The van der Waals surface area contributed by atoms with E-state index in [9.17, 15) is 5.11 Å². The van der Waals surface area contributed by atoms with Gasteiger partial charge in [0, 0.05) is 6.20 Å². The van der Waals surface area contributed by atoms with Crippen LogP contribution in [-0.4, -0.2) is 15.1 Å². The molecule has 1 aromatic carbocycles. The molecule has 2 rings (SSSR count). The van der Waals surface area contributed by atoms with Crippen molar-refractivity contribution in [2.45, 2.75) is 20.0 Å². The van der Waals surface area contributed by atoms with Gasteiger partial charge in [0.25, 0.3) is 0 Å². The van der Waals surface area contributed by atoms with Crippen LogP contribution in [0.25, 0.3) is 0 Å². The molecule has 0 aliphatic carbocycles. The summed E-state index contributed by atoms with van der Waals surface area (Å²) in [6.07, 6.45) is 2.41. The molecule has 3 nitrogen and oxygen atoms in total. The molecule has 0 spiro atoms. The summed E-state index contributed by atoms with van der Waals surface area (Å²) in [6, 6.07) is 7.76. The molecule has 0 saturated heterocycles. The molecule has 1 aromatic heterocycles. The Bertz CT molecular complexity index is 483. The van der Waals surface area contributed by atoms with Crippen LogP contribution in [0, 0.1) is 13.8 Å². The summed E-state index contributed by atoms with van der Waals surface area (Å²) in [6.45, 7) is 3.99. The fourth-order valence-corrected chi connectivity index (χ4v) is 1.68. The van der Waals surface area contributed by atoms with Crippen LogP contribution in [0.15, 0.2) is 36.8 Å². The summed E-state index contributed by atoms with van der Waals surface area (Å²) in [5.41, 5.74) is 3.73. The van der Waals surface area contributed by atoms with Crippen LogP contribution < -0.4 is 0 Å². The molecule has 0 amide bonds. The second-order valence-corrected chi connectivity index (χ2v) is 3.90. The first kappa shape index (κ1) is 10.8. The van der Waals surface area contributed by atoms with E-state index >= 15 is 0 Å². The molecule has 3 heteroatoms. The minimum atomic E-state index is -0.678. The number of benzene rings is 1. The smallest absolute Gasteiger partial charge is 0.121 e. The van der Waals surface area contributed by atoms with Crippen LogP contribution in [0.2, 0.25) is 0 Å². The van der Waals surface area contributed by atoms with E-state index in [1.165, 1.54) is 6.33 Å². The first-order chi connectivity index (χ1) is 7.68. The molecule has 0 fully saturated rings. The van der Waals surface area contributed by atoms with Crippen molar-refractivity contribution < 1.29 is 5.11 Å². The lowest BCUT2D eigenvalue weighted by molar-refractivity contribution is 0.214. The summed E-state index contributed by atoms with van der Waals surface area (Å²) >= 11 is 0. The Morgan fingerprint density at radius 2 is 2.00 bits per heavy atom. The summed E-state index contributed by atoms with van der Waals surface area (Å²) in [5.74, 6) is 0. The number of aliphatic hydroxyl groups excluding tert-OH is 1. The lowest BCUT2D eigenvalue weighted by Crippen LogP contribution is -2.04. The van der Waals surface area contributed by atoms with Crippen molar-refractivity contribution in [3.8, 4) is 0 Å². The summed E-state index contributed by atoms with van der Waals surface area (Å²) in [5, 5.41) is 10.2. The number of rotatable bonds is 2. The molecule has 0 saturated carbocycles. The molecular formula is C13H14N2O. The summed E-state index contributed by atoms with van der Waals surface area (Å²) < 4.78 is 0. The zero-order valence-electron chi connectivity index (χ0n) is 9.38. The van der Waals surface area contributed by atoms with Gasteiger partial charge in [-0.25, -0.2) is 9.97 Å². The highest BCUT2D eigenvalue weighted by Crippen LogP contribution is 2.23. The molecule has 0 aliphatic rings. The highest BCUT2D eigenvalue weighted by Gasteiger charge is 2.13. The predicted octanol–water partition coefficient (Wildman–Crippen LogP) is 2.18. The molecular weight excluding hydrogens is 200 g/mol. The standard InChI is InChI=1S/C13H14N2O/c1-9-3-4-10(2)11(7-9)13(16)12-5-6-14-8-15-12/h3-8,13,16H,1-2H3. The Morgan fingerprint density at radius 3 is 2.69 bits per heavy atom. The molecule has 0 radical (unpaired) electrons. The van der Waals surface area contributed by atoms with Crippen molar-refractivity contribution in [3.63, 3.8) is 0 Å². The van der Waals surface area contributed by atoms with Crippen LogP contribution >= 0.6 is 0 Å².